The van der Waals surface area contributed by atoms with Gasteiger partial charge in [0.1, 0.15) is 11.5 Å². The van der Waals surface area contributed by atoms with Gasteiger partial charge in [-0.1, -0.05) is 22.0 Å². The Labute approximate surface area is 119 Å². The third-order valence-electron chi connectivity index (χ3n) is 2.67. The normalized spacial score (nSPS) is 10.2. The summed E-state index contributed by atoms with van der Waals surface area (Å²) in [5, 5.41) is 0. The van der Waals surface area contributed by atoms with Crippen LogP contribution in [0.4, 0.5) is 5.69 Å². The van der Waals surface area contributed by atoms with Gasteiger partial charge in [-0.15, -0.1) is 0 Å². The molecular formula is C14H13BrN2O2. The first-order valence-corrected chi connectivity index (χ1v) is 6.40. The van der Waals surface area contributed by atoms with E-state index in [1.165, 1.54) is 6.07 Å². The van der Waals surface area contributed by atoms with Gasteiger partial charge in [0.25, 0.3) is 5.91 Å². The summed E-state index contributed by atoms with van der Waals surface area (Å²) in [4.78, 5) is 11.2. The SMILES string of the molecule is Cc1ccc(Br)cc1Oc1ccc(N)c(C(N)=O)c1. The van der Waals surface area contributed by atoms with E-state index in [0.29, 0.717) is 17.2 Å². The molecule has 4 nitrogen and oxygen atoms in total. The number of nitrogen functional groups attached to an aromatic ring is 1. The Morgan fingerprint density at radius 3 is 2.63 bits per heavy atom. The molecule has 2 aromatic carbocycles. The number of ether oxygens (including phenoxy) is 1. The molecule has 0 aliphatic rings. The lowest BCUT2D eigenvalue weighted by atomic mass is 10.1. The number of halogens is 1. The molecule has 0 heterocycles. The summed E-state index contributed by atoms with van der Waals surface area (Å²) in [5.41, 5.74) is 12.5. The number of carbonyl (C=O) groups is 1. The Morgan fingerprint density at radius 1 is 1.21 bits per heavy atom. The zero-order valence-corrected chi connectivity index (χ0v) is 11.9. The van der Waals surface area contributed by atoms with Gasteiger partial charge in [-0.05, 0) is 42.8 Å². The zero-order chi connectivity index (χ0) is 14.0. The van der Waals surface area contributed by atoms with Crippen molar-refractivity contribution in [1.29, 1.82) is 0 Å². The molecule has 0 spiro atoms. The number of rotatable bonds is 3. The highest BCUT2D eigenvalue weighted by Crippen LogP contribution is 2.29. The highest BCUT2D eigenvalue weighted by atomic mass is 79.9. The van der Waals surface area contributed by atoms with Gasteiger partial charge in [0.05, 0.1) is 5.56 Å². The summed E-state index contributed by atoms with van der Waals surface area (Å²) >= 11 is 3.38. The van der Waals surface area contributed by atoms with E-state index in [4.69, 9.17) is 16.2 Å². The fourth-order valence-electron chi connectivity index (χ4n) is 1.62. The fourth-order valence-corrected chi connectivity index (χ4v) is 1.96. The van der Waals surface area contributed by atoms with Gasteiger partial charge in [0, 0.05) is 10.2 Å². The minimum atomic E-state index is -0.575. The summed E-state index contributed by atoms with van der Waals surface area (Å²) in [7, 11) is 0. The molecule has 0 aromatic heterocycles. The topological polar surface area (TPSA) is 78.3 Å². The van der Waals surface area contributed by atoms with Crippen LogP contribution < -0.4 is 16.2 Å². The Balaban J connectivity index is 2.36. The molecular weight excluding hydrogens is 308 g/mol. The summed E-state index contributed by atoms with van der Waals surface area (Å²) in [6, 6.07) is 10.6. The van der Waals surface area contributed by atoms with Gasteiger partial charge in [-0.25, -0.2) is 0 Å². The monoisotopic (exact) mass is 320 g/mol. The largest absolute Gasteiger partial charge is 0.457 e. The third-order valence-corrected chi connectivity index (χ3v) is 3.16. The molecule has 0 saturated heterocycles. The first kappa shape index (κ1) is 13.4. The predicted octanol–water partition coefficient (Wildman–Crippen LogP) is 3.23. The van der Waals surface area contributed by atoms with Crippen LogP contribution in [0.15, 0.2) is 40.9 Å². The molecule has 0 unspecified atom stereocenters. The van der Waals surface area contributed by atoms with Crippen molar-refractivity contribution in [3.63, 3.8) is 0 Å². The first-order valence-electron chi connectivity index (χ1n) is 5.60. The summed E-state index contributed by atoms with van der Waals surface area (Å²) in [6.07, 6.45) is 0. The quantitative estimate of drug-likeness (QED) is 0.852. The van der Waals surface area contributed by atoms with Crippen molar-refractivity contribution in [3.05, 3.63) is 52.0 Å². The Hall–Kier alpha value is -2.01. The maximum absolute atomic E-state index is 11.2. The fraction of sp³-hybridized carbons (Fsp3) is 0.0714. The van der Waals surface area contributed by atoms with Crippen molar-refractivity contribution in [2.75, 3.05) is 5.73 Å². The predicted molar refractivity (Wildman–Crippen MR) is 78.3 cm³/mol. The van der Waals surface area contributed by atoms with Crippen molar-refractivity contribution >= 4 is 27.5 Å². The van der Waals surface area contributed by atoms with Crippen molar-refractivity contribution in [2.24, 2.45) is 5.73 Å². The molecule has 2 aromatic rings. The second-order valence-electron chi connectivity index (χ2n) is 4.13. The Kier molecular flexibility index (Phi) is 3.76. The standard InChI is InChI=1S/C14H13BrN2O2/c1-8-2-3-9(15)6-13(8)19-10-4-5-12(16)11(7-10)14(17)18/h2-7H,16H2,1H3,(H2,17,18). The highest BCUT2D eigenvalue weighted by Gasteiger charge is 2.09. The molecule has 0 saturated carbocycles. The molecule has 19 heavy (non-hydrogen) atoms. The minimum Gasteiger partial charge on any atom is -0.457 e. The van der Waals surface area contributed by atoms with Crippen LogP contribution in [0.25, 0.3) is 0 Å². The molecule has 4 N–H and O–H groups in total. The van der Waals surface area contributed by atoms with Crippen LogP contribution in [0.2, 0.25) is 0 Å². The van der Waals surface area contributed by atoms with E-state index in [1.807, 2.05) is 25.1 Å². The lowest BCUT2D eigenvalue weighted by molar-refractivity contribution is 0.100. The van der Waals surface area contributed by atoms with Crippen LogP contribution in [0, 0.1) is 6.92 Å². The summed E-state index contributed by atoms with van der Waals surface area (Å²) in [5.74, 6) is 0.646. The molecule has 0 fully saturated rings. The van der Waals surface area contributed by atoms with Crippen LogP contribution in [-0.2, 0) is 0 Å². The number of hydrogen-bond donors (Lipinski definition) is 2. The van der Waals surface area contributed by atoms with Gasteiger partial charge >= 0.3 is 0 Å². The van der Waals surface area contributed by atoms with Crippen LogP contribution >= 0.6 is 15.9 Å². The van der Waals surface area contributed by atoms with E-state index in [2.05, 4.69) is 15.9 Å². The second kappa shape index (κ2) is 5.32. The maximum Gasteiger partial charge on any atom is 0.250 e. The van der Waals surface area contributed by atoms with Gasteiger partial charge in [0.2, 0.25) is 0 Å². The Morgan fingerprint density at radius 2 is 1.95 bits per heavy atom. The number of anilines is 1. The molecule has 1 amide bonds. The van der Waals surface area contributed by atoms with E-state index in [1.54, 1.807) is 12.1 Å². The van der Waals surface area contributed by atoms with E-state index < -0.39 is 5.91 Å². The molecule has 0 radical (unpaired) electrons. The number of primary amides is 1. The smallest absolute Gasteiger partial charge is 0.250 e. The summed E-state index contributed by atoms with van der Waals surface area (Å²) < 4.78 is 6.66. The number of aryl methyl sites for hydroxylation is 1. The number of nitrogens with two attached hydrogens (primary N) is 2. The molecule has 0 bridgehead atoms. The molecule has 5 heteroatoms. The number of carbonyl (C=O) groups excluding carboxylic acids is 1. The van der Waals surface area contributed by atoms with E-state index in [-0.39, 0.29) is 5.56 Å². The molecule has 0 aliphatic heterocycles. The average Bonchev–Trinajstić information content (AvgIpc) is 2.36. The van der Waals surface area contributed by atoms with Crippen LogP contribution in [0.5, 0.6) is 11.5 Å². The zero-order valence-electron chi connectivity index (χ0n) is 10.3. The minimum absolute atomic E-state index is 0.255. The lowest BCUT2D eigenvalue weighted by Gasteiger charge is -2.10. The van der Waals surface area contributed by atoms with Gasteiger partial charge in [0.15, 0.2) is 0 Å². The van der Waals surface area contributed by atoms with Gasteiger partial charge in [-0.2, -0.15) is 0 Å². The van der Waals surface area contributed by atoms with Crippen LogP contribution in [0.1, 0.15) is 15.9 Å². The Bertz CT molecular complexity index is 641. The third kappa shape index (κ3) is 3.06. The second-order valence-corrected chi connectivity index (χ2v) is 5.04. The maximum atomic E-state index is 11.2. The van der Waals surface area contributed by atoms with Gasteiger partial charge in [-0.3, -0.25) is 4.79 Å². The average molecular weight is 321 g/mol. The lowest BCUT2D eigenvalue weighted by Crippen LogP contribution is -2.13. The molecule has 0 aliphatic carbocycles. The number of hydrogen-bond acceptors (Lipinski definition) is 3. The molecule has 0 atom stereocenters. The van der Waals surface area contributed by atoms with Crippen molar-refractivity contribution in [2.45, 2.75) is 6.92 Å². The van der Waals surface area contributed by atoms with Crippen molar-refractivity contribution in [3.8, 4) is 11.5 Å². The van der Waals surface area contributed by atoms with Crippen LogP contribution in [0.3, 0.4) is 0 Å². The molecule has 98 valence electrons. The number of amides is 1. The first-order chi connectivity index (χ1) is 8.97. The highest BCUT2D eigenvalue weighted by molar-refractivity contribution is 9.10. The number of benzene rings is 2. The van der Waals surface area contributed by atoms with E-state index in [0.717, 1.165) is 10.0 Å². The molecule has 2 rings (SSSR count). The van der Waals surface area contributed by atoms with Gasteiger partial charge < -0.3 is 16.2 Å². The van der Waals surface area contributed by atoms with Crippen molar-refractivity contribution in [1.82, 2.24) is 0 Å². The summed E-state index contributed by atoms with van der Waals surface area (Å²) in [6.45, 7) is 1.94. The van der Waals surface area contributed by atoms with E-state index >= 15 is 0 Å². The van der Waals surface area contributed by atoms with Crippen molar-refractivity contribution < 1.29 is 9.53 Å². The van der Waals surface area contributed by atoms with E-state index in [9.17, 15) is 4.79 Å². The van der Waals surface area contributed by atoms with Crippen LogP contribution in [-0.4, -0.2) is 5.91 Å².